The van der Waals surface area contributed by atoms with Gasteiger partial charge in [-0.05, 0) is 69.4 Å². The average molecular weight is 414 g/mol. The number of hydrogen-bond acceptors (Lipinski definition) is 7. The summed E-state index contributed by atoms with van der Waals surface area (Å²) in [6, 6.07) is 11.1. The first kappa shape index (κ1) is 19.3. The van der Waals surface area contributed by atoms with Gasteiger partial charge in [0.15, 0.2) is 18.0 Å². The molecule has 1 aromatic carbocycles. The number of oxazole rings is 1. The van der Waals surface area contributed by atoms with Crippen LogP contribution in [-0.4, -0.2) is 51.1 Å². The molecule has 1 amide bonds. The zero-order valence-corrected chi connectivity index (χ0v) is 17.2. The van der Waals surface area contributed by atoms with Crippen LogP contribution in [0.1, 0.15) is 34.8 Å². The van der Waals surface area contributed by atoms with Crippen LogP contribution in [0.3, 0.4) is 0 Å². The molecule has 0 spiro atoms. The molecule has 31 heavy (non-hydrogen) atoms. The third kappa shape index (κ3) is 4.15. The molecule has 156 valence electrons. The van der Waals surface area contributed by atoms with Gasteiger partial charge in [0.1, 0.15) is 0 Å². The smallest absolute Gasteiger partial charge is 0.256 e. The van der Waals surface area contributed by atoms with Gasteiger partial charge in [0.2, 0.25) is 0 Å². The van der Waals surface area contributed by atoms with Gasteiger partial charge in [-0.3, -0.25) is 9.78 Å². The van der Waals surface area contributed by atoms with Crippen LogP contribution in [0.15, 0.2) is 59.6 Å². The Morgan fingerprint density at radius 1 is 1.13 bits per heavy atom. The number of pyridine rings is 1. The largest absolute Gasteiger partial charge is 0.444 e. The number of aromatic nitrogens is 4. The van der Waals surface area contributed by atoms with Crippen molar-refractivity contribution in [3.63, 3.8) is 0 Å². The maximum Gasteiger partial charge on any atom is 0.256 e. The number of fused-ring (bicyclic) bond motifs is 1. The first-order valence-electron chi connectivity index (χ1n) is 10.3. The Balaban J connectivity index is 1.35. The van der Waals surface area contributed by atoms with Crippen molar-refractivity contribution in [2.24, 2.45) is 0 Å². The van der Waals surface area contributed by atoms with E-state index in [1.54, 1.807) is 24.5 Å². The second-order valence-corrected chi connectivity index (χ2v) is 7.87. The minimum Gasteiger partial charge on any atom is -0.444 e. The van der Waals surface area contributed by atoms with E-state index in [9.17, 15) is 4.79 Å². The Hall–Kier alpha value is -3.65. The molecule has 0 bridgehead atoms. The first-order chi connectivity index (χ1) is 15.2. The van der Waals surface area contributed by atoms with Crippen LogP contribution in [0.5, 0.6) is 0 Å². The van der Waals surface area contributed by atoms with Crippen molar-refractivity contribution in [3.8, 4) is 11.3 Å². The number of amides is 1. The fourth-order valence-electron chi connectivity index (χ4n) is 3.92. The standard InChI is InChI=1S/C23H22N6O2/c1-29-8-5-15(6-9-29)20-11-17(4-7-25-20)23(30)26-22-12-18-10-16(21-13-24-14-31-21)2-3-19(18)27-28-22/h2-4,7,10-15H,5-6,8-9H2,1H3,(H,26,28,30). The summed E-state index contributed by atoms with van der Waals surface area (Å²) in [7, 11) is 2.13. The number of nitrogens with zero attached hydrogens (tertiary/aromatic N) is 5. The van der Waals surface area contributed by atoms with E-state index in [1.165, 1.54) is 6.39 Å². The Labute approximate surface area is 179 Å². The van der Waals surface area contributed by atoms with E-state index in [0.29, 0.717) is 23.1 Å². The van der Waals surface area contributed by atoms with Gasteiger partial charge in [-0.15, -0.1) is 10.2 Å². The molecule has 4 heterocycles. The van der Waals surface area contributed by atoms with E-state index in [1.807, 2.05) is 24.3 Å². The van der Waals surface area contributed by atoms with Crippen LogP contribution < -0.4 is 5.32 Å². The molecule has 0 unspecified atom stereocenters. The summed E-state index contributed by atoms with van der Waals surface area (Å²) in [6.45, 7) is 2.09. The van der Waals surface area contributed by atoms with Gasteiger partial charge < -0.3 is 14.6 Å². The fraction of sp³-hybridized carbons (Fsp3) is 0.261. The Morgan fingerprint density at radius 2 is 2.00 bits per heavy atom. The van der Waals surface area contributed by atoms with E-state index >= 15 is 0 Å². The molecule has 8 heteroatoms. The predicted molar refractivity (Wildman–Crippen MR) is 117 cm³/mol. The SMILES string of the molecule is CN1CCC(c2cc(C(=O)Nc3cc4cc(-c5cnco5)ccc4nn3)ccn2)CC1. The summed E-state index contributed by atoms with van der Waals surface area (Å²) >= 11 is 0. The number of piperidine rings is 1. The number of carbonyl (C=O) groups is 1. The molecular formula is C23H22N6O2. The molecule has 1 aliphatic heterocycles. The Morgan fingerprint density at radius 3 is 2.81 bits per heavy atom. The summed E-state index contributed by atoms with van der Waals surface area (Å²) in [6.07, 6.45) is 6.86. The van der Waals surface area contributed by atoms with Gasteiger partial charge in [-0.2, -0.15) is 0 Å². The monoisotopic (exact) mass is 414 g/mol. The lowest BCUT2D eigenvalue weighted by molar-refractivity contribution is 0.102. The lowest BCUT2D eigenvalue weighted by atomic mass is 9.92. The van der Waals surface area contributed by atoms with Crippen molar-refractivity contribution in [2.45, 2.75) is 18.8 Å². The number of likely N-dealkylation sites (tertiary alicyclic amines) is 1. The van der Waals surface area contributed by atoms with Crippen LogP contribution >= 0.6 is 0 Å². The summed E-state index contributed by atoms with van der Waals surface area (Å²) < 4.78 is 5.36. The zero-order chi connectivity index (χ0) is 21.2. The van der Waals surface area contributed by atoms with Crippen LogP contribution in [-0.2, 0) is 0 Å². The van der Waals surface area contributed by atoms with Crippen molar-refractivity contribution in [3.05, 3.63) is 66.4 Å². The summed E-state index contributed by atoms with van der Waals surface area (Å²) in [5.74, 6) is 1.22. The fourth-order valence-corrected chi connectivity index (χ4v) is 3.92. The minimum atomic E-state index is -0.225. The van der Waals surface area contributed by atoms with Crippen molar-refractivity contribution in [1.29, 1.82) is 0 Å². The molecular weight excluding hydrogens is 392 g/mol. The van der Waals surface area contributed by atoms with Crippen LogP contribution in [0, 0.1) is 0 Å². The van der Waals surface area contributed by atoms with Gasteiger partial charge in [-0.25, -0.2) is 4.98 Å². The number of anilines is 1. The number of nitrogens with one attached hydrogen (secondary N) is 1. The molecule has 5 rings (SSSR count). The van der Waals surface area contributed by atoms with E-state index in [2.05, 4.69) is 37.4 Å². The minimum absolute atomic E-state index is 0.225. The molecule has 3 aromatic heterocycles. The second kappa shape index (κ2) is 8.23. The maximum absolute atomic E-state index is 12.9. The highest BCUT2D eigenvalue weighted by Gasteiger charge is 2.20. The summed E-state index contributed by atoms with van der Waals surface area (Å²) in [5, 5.41) is 12.1. The molecule has 0 aliphatic carbocycles. The molecule has 1 saturated heterocycles. The lowest BCUT2D eigenvalue weighted by Crippen LogP contribution is -2.29. The van der Waals surface area contributed by atoms with Gasteiger partial charge >= 0.3 is 0 Å². The topological polar surface area (TPSA) is 97.0 Å². The average Bonchev–Trinajstić information content (AvgIpc) is 3.34. The molecule has 1 fully saturated rings. The van der Waals surface area contributed by atoms with Crippen LogP contribution in [0.2, 0.25) is 0 Å². The quantitative estimate of drug-likeness (QED) is 0.543. The first-order valence-corrected chi connectivity index (χ1v) is 10.3. The highest BCUT2D eigenvalue weighted by atomic mass is 16.3. The number of carbonyl (C=O) groups excluding carboxylic acids is 1. The Kier molecular flexibility index (Phi) is 5.13. The number of rotatable bonds is 4. The number of hydrogen-bond donors (Lipinski definition) is 1. The van der Waals surface area contributed by atoms with Gasteiger partial charge in [-0.1, -0.05) is 0 Å². The van der Waals surface area contributed by atoms with Crippen LogP contribution in [0.4, 0.5) is 5.82 Å². The zero-order valence-electron chi connectivity index (χ0n) is 17.2. The van der Waals surface area contributed by atoms with E-state index in [4.69, 9.17) is 4.42 Å². The van der Waals surface area contributed by atoms with Gasteiger partial charge in [0.05, 0.1) is 11.7 Å². The second-order valence-electron chi connectivity index (χ2n) is 7.87. The normalized spacial score (nSPS) is 15.3. The summed E-state index contributed by atoms with van der Waals surface area (Å²) in [5.41, 5.74) is 3.16. The molecule has 1 N–H and O–H groups in total. The molecule has 0 atom stereocenters. The predicted octanol–water partition coefficient (Wildman–Crippen LogP) is 3.74. The van der Waals surface area contributed by atoms with Gasteiger partial charge in [0.25, 0.3) is 5.91 Å². The van der Waals surface area contributed by atoms with Crippen molar-refractivity contribution in [1.82, 2.24) is 25.1 Å². The van der Waals surface area contributed by atoms with Crippen molar-refractivity contribution < 1.29 is 9.21 Å². The highest BCUT2D eigenvalue weighted by Crippen LogP contribution is 2.27. The van der Waals surface area contributed by atoms with Crippen molar-refractivity contribution >= 4 is 22.6 Å². The van der Waals surface area contributed by atoms with E-state index in [-0.39, 0.29) is 5.91 Å². The Bertz CT molecular complexity index is 1220. The maximum atomic E-state index is 12.9. The third-order valence-corrected chi connectivity index (χ3v) is 5.72. The molecule has 8 nitrogen and oxygen atoms in total. The summed E-state index contributed by atoms with van der Waals surface area (Å²) in [4.78, 5) is 23.6. The van der Waals surface area contributed by atoms with Gasteiger partial charge in [0, 0.05) is 34.3 Å². The van der Waals surface area contributed by atoms with E-state index < -0.39 is 0 Å². The van der Waals surface area contributed by atoms with E-state index in [0.717, 1.165) is 48.1 Å². The molecule has 0 radical (unpaired) electrons. The van der Waals surface area contributed by atoms with Crippen LogP contribution in [0.25, 0.3) is 22.2 Å². The lowest BCUT2D eigenvalue weighted by Gasteiger charge is -2.28. The van der Waals surface area contributed by atoms with Crippen molar-refractivity contribution in [2.75, 3.05) is 25.5 Å². The molecule has 1 aliphatic rings. The third-order valence-electron chi connectivity index (χ3n) is 5.72. The highest BCUT2D eigenvalue weighted by molar-refractivity contribution is 6.04. The molecule has 0 saturated carbocycles. The number of benzene rings is 1. The molecule has 4 aromatic rings.